The zero-order valence-corrected chi connectivity index (χ0v) is 19.3. The number of fused-ring (bicyclic) bond motifs is 1. The molecule has 1 aliphatic carbocycles. The Morgan fingerprint density at radius 2 is 1.81 bits per heavy atom. The second kappa shape index (κ2) is 10.3. The van der Waals surface area contributed by atoms with Crippen LogP contribution in [0.4, 0.5) is 24.7 Å². The molecule has 0 aliphatic heterocycles. The molecule has 0 unspecified atom stereocenters. The lowest BCUT2D eigenvalue weighted by molar-refractivity contribution is -0.274. The van der Waals surface area contributed by atoms with E-state index < -0.39 is 12.1 Å². The van der Waals surface area contributed by atoms with E-state index in [1.807, 2.05) is 0 Å². The third-order valence-corrected chi connectivity index (χ3v) is 5.75. The molecule has 0 bridgehead atoms. The van der Waals surface area contributed by atoms with Crippen molar-refractivity contribution in [1.29, 1.82) is 0 Å². The van der Waals surface area contributed by atoms with Crippen molar-refractivity contribution >= 4 is 17.5 Å². The van der Waals surface area contributed by atoms with Gasteiger partial charge in [0, 0.05) is 30.3 Å². The van der Waals surface area contributed by atoms with Crippen molar-refractivity contribution in [2.75, 3.05) is 12.4 Å². The topological polar surface area (TPSA) is 104 Å². The van der Waals surface area contributed by atoms with Crippen molar-refractivity contribution in [1.82, 2.24) is 14.3 Å². The van der Waals surface area contributed by atoms with Gasteiger partial charge in [0.05, 0.1) is 12.8 Å². The highest BCUT2D eigenvalue weighted by atomic mass is 19.4. The smallest absolute Gasteiger partial charge is 0.469 e. The molecule has 1 N–H and O–H groups in total. The zero-order valence-electron chi connectivity index (χ0n) is 19.3. The first kappa shape index (κ1) is 25.0. The Kier molecular flexibility index (Phi) is 7.13. The van der Waals surface area contributed by atoms with Gasteiger partial charge in [-0.05, 0) is 62.1 Å². The lowest BCUT2D eigenvalue weighted by Gasteiger charge is -2.15. The van der Waals surface area contributed by atoms with Crippen LogP contribution >= 0.6 is 0 Å². The molecular weight excluding hydrogens is 481 g/mol. The number of ether oxygens (including phenoxy) is 2. The van der Waals surface area contributed by atoms with Gasteiger partial charge < -0.3 is 19.4 Å². The highest BCUT2D eigenvalue weighted by Gasteiger charge is 2.31. The summed E-state index contributed by atoms with van der Waals surface area (Å²) in [4.78, 5) is 37.4. The fourth-order valence-electron chi connectivity index (χ4n) is 4.07. The molecule has 0 atom stereocenters. The van der Waals surface area contributed by atoms with Crippen LogP contribution in [0.2, 0.25) is 0 Å². The number of anilines is 2. The number of halogens is 3. The molecule has 0 fully saturated rings. The highest BCUT2D eigenvalue weighted by Crippen LogP contribution is 2.28. The number of hydrogen-bond donors (Lipinski definition) is 1. The quantitative estimate of drug-likeness (QED) is 0.469. The fourth-order valence-corrected chi connectivity index (χ4v) is 4.07. The van der Waals surface area contributed by atoms with Crippen LogP contribution in [0, 0.1) is 0 Å². The lowest BCUT2D eigenvalue weighted by Crippen LogP contribution is -2.27. The van der Waals surface area contributed by atoms with Crippen molar-refractivity contribution in [2.45, 2.75) is 45.0 Å². The molecule has 9 nitrogen and oxygen atoms in total. The molecule has 4 rings (SSSR count). The van der Waals surface area contributed by atoms with Crippen LogP contribution in [0.1, 0.15) is 30.4 Å². The number of nitrogens with one attached hydrogen (secondary N) is 1. The minimum absolute atomic E-state index is 0.174. The molecule has 0 radical (unpaired) electrons. The van der Waals surface area contributed by atoms with Crippen molar-refractivity contribution in [3.63, 3.8) is 0 Å². The third kappa shape index (κ3) is 5.58. The van der Waals surface area contributed by atoms with E-state index in [0.29, 0.717) is 42.8 Å². The van der Waals surface area contributed by atoms with Gasteiger partial charge in [0.25, 0.3) is 11.1 Å². The van der Waals surface area contributed by atoms with Gasteiger partial charge >= 0.3 is 12.3 Å². The minimum Gasteiger partial charge on any atom is -0.469 e. The summed E-state index contributed by atoms with van der Waals surface area (Å²) in [5, 5.41) is 7.44. The molecule has 3 aromatic rings. The second-order valence-electron chi connectivity index (χ2n) is 8.14. The van der Waals surface area contributed by atoms with Crippen molar-refractivity contribution in [3.05, 3.63) is 74.4 Å². The second-order valence-corrected chi connectivity index (χ2v) is 8.14. The van der Waals surface area contributed by atoms with Gasteiger partial charge in [-0.15, -0.1) is 18.3 Å². The Labute approximate surface area is 203 Å². The van der Waals surface area contributed by atoms with E-state index in [1.54, 1.807) is 18.3 Å². The van der Waals surface area contributed by atoms with E-state index in [0.717, 1.165) is 23.2 Å². The maximum absolute atomic E-state index is 13.1. The zero-order chi connectivity index (χ0) is 25.9. The van der Waals surface area contributed by atoms with Crippen LogP contribution in [-0.4, -0.2) is 33.8 Å². The molecule has 1 aliphatic rings. The van der Waals surface area contributed by atoms with Gasteiger partial charge in [-0.2, -0.15) is 4.68 Å². The summed E-state index contributed by atoms with van der Waals surface area (Å²) >= 11 is 0. The van der Waals surface area contributed by atoms with Gasteiger partial charge in [0.1, 0.15) is 11.4 Å². The number of aryl methyl sites for hydroxylation is 1. The Morgan fingerprint density at radius 1 is 1.08 bits per heavy atom. The van der Waals surface area contributed by atoms with E-state index in [4.69, 9.17) is 0 Å². The van der Waals surface area contributed by atoms with E-state index in [1.165, 1.54) is 23.8 Å². The number of nitrogens with zero attached hydrogens (tertiary/aromatic N) is 3. The molecule has 2 aromatic heterocycles. The molecule has 0 saturated carbocycles. The number of pyridine rings is 1. The van der Waals surface area contributed by atoms with E-state index >= 15 is 0 Å². The first-order chi connectivity index (χ1) is 17.2. The van der Waals surface area contributed by atoms with Crippen molar-refractivity contribution < 1.29 is 27.4 Å². The number of esters is 1. The Bertz CT molecular complexity index is 1380. The van der Waals surface area contributed by atoms with Gasteiger partial charge in [0.15, 0.2) is 5.82 Å². The SMILES string of the molecule is COC(=O)CCCn1cccc(Nc2nn(-c3ccc(OC(F)(F)F)cc3)c(=O)c3c2CCC3)c1=O. The van der Waals surface area contributed by atoms with Gasteiger partial charge in [-0.3, -0.25) is 14.4 Å². The highest BCUT2D eigenvalue weighted by molar-refractivity contribution is 5.69. The standard InChI is InChI=1S/C24H23F3N4O5/c1-35-20(32)8-4-14-30-13-3-7-19(23(30)34)28-21-17-5-2-6-18(17)22(33)31(29-21)15-9-11-16(12-10-15)36-24(25,26)27/h3,7,9-13H,2,4-6,8,14H2,1H3,(H,28,29). The minimum atomic E-state index is -4.83. The first-order valence-electron chi connectivity index (χ1n) is 11.2. The number of aromatic nitrogens is 3. The van der Waals surface area contributed by atoms with Crippen LogP contribution in [-0.2, 0) is 28.9 Å². The van der Waals surface area contributed by atoms with E-state index in [2.05, 4.69) is 19.9 Å². The number of carbonyl (C=O) groups excluding carboxylic acids is 1. The average molecular weight is 504 g/mol. The average Bonchev–Trinajstić information content (AvgIpc) is 3.33. The van der Waals surface area contributed by atoms with Crippen LogP contribution in [0.25, 0.3) is 5.69 Å². The fraction of sp³-hybridized carbons (Fsp3) is 0.333. The predicted octanol–water partition coefficient (Wildman–Crippen LogP) is 3.48. The summed E-state index contributed by atoms with van der Waals surface area (Å²) < 4.78 is 48.5. The molecule has 12 heteroatoms. The molecule has 2 heterocycles. The summed E-state index contributed by atoms with van der Waals surface area (Å²) in [7, 11) is 1.30. The van der Waals surface area contributed by atoms with Crippen LogP contribution in [0.3, 0.4) is 0 Å². The number of benzene rings is 1. The van der Waals surface area contributed by atoms with Crippen LogP contribution in [0.15, 0.2) is 52.2 Å². The summed E-state index contributed by atoms with van der Waals surface area (Å²) in [6.07, 6.45) is -0.782. The number of alkyl halides is 3. The molecule has 0 spiro atoms. The summed E-state index contributed by atoms with van der Waals surface area (Å²) in [6.45, 7) is 0.306. The molecule has 0 amide bonds. The van der Waals surface area contributed by atoms with Crippen molar-refractivity contribution in [2.24, 2.45) is 0 Å². The molecule has 1 aromatic carbocycles. The van der Waals surface area contributed by atoms with Crippen LogP contribution < -0.4 is 21.2 Å². The first-order valence-corrected chi connectivity index (χ1v) is 11.2. The molecule has 36 heavy (non-hydrogen) atoms. The summed E-state index contributed by atoms with van der Waals surface area (Å²) in [5.41, 5.74) is 1.02. The summed E-state index contributed by atoms with van der Waals surface area (Å²) in [6, 6.07) is 8.07. The maximum Gasteiger partial charge on any atom is 0.573 e. The maximum atomic E-state index is 13.1. The predicted molar refractivity (Wildman–Crippen MR) is 124 cm³/mol. The van der Waals surface area contributed by atoms with E-state index in [9.17, 15) is 27.6 Å². The lowest BCUT2D eigenvalue weighted by atomic mass is 10.2. The van der Waals surface area contributed by atoms with Crippen molar-refractivity contribution in [3.8, 4) is 11.4 Å². The van der Waals surface area contributed by atoms with Gasteiger partial charge in [0.2, 0.25) is 0 Å². The summed E-state index contributed by atoms with van der Waals surface area (Å²) in [5.74, 6) is -0.463. The number of methoxy groups -OCH3 is 1. The third-order valence-electron chi connectivity index (χ3n) is 5.75. The normalized spacial score (nSPS) is 12.8. The molecular formula is C24H23F3N4O5. The Morgan fingerprint density at radius 3 is 2.50 bits per heavy atom. The number of carbonyl (C=O) groups is 1. The Hall–Kier alpha value is -4.09. The van der Waals surface area contributed by atoms with Gasteiger partial charge in [-0.25, -0.2) is 0 Å². The number of hydrogen-bond acceptors (Lipinski definition) is 7. The monoisotopic (exact) mass is 504 g/mol. The number of rotatable bonds is 8. The van der Waals surface area contributed by atoms with Gasteiger partial charge in [-0.1, -0.05) is 0 Å². The molecule has 190 valence electrons. The Balaban J connectivity index is 1.64. The van der Waals surface area contributed by atoms with E-state index in [-0.39, 0.29) is 34.9 Å². The molecule has 0 saturated heterocycles. The van der Waals surface area contributed by atoms with Crippen LogP contribution in [0.5, 0.6) is 5.75 Å². The largest absolute Gasteiger partial charge is 0.573 e.